The number of nitrogens with zero attached hydrogens (tertiary/aromatic N) is 2. The van der Waals surface area contributed by atoms with Crippen LogP contribution in [0, 0.1) is 0 Å². The highest BCUT2D eigenvalue weighted by molar-refractivity contribution is 6.31. The number of hydrogen-bond acceptors (Lipinski definition) is 8. The van der Waals surface area contributed by atoms with Gasteiger partial charge in [-0.2, -0.15) is 0 Å². The third-order valence-electron chi connectivity index (χ3n) is 3.31. The van der Waals surface area contributed by atoms with E-state index < -0.39 is 17.6 Å². The lowest BCUT2D eigenvalue weighted by molar-refractivity contribution is 0.0526. The molecule has 0 aliphatic heterocycles. The molecule has 1 aromatic rings. The SMILES string of the molecule is CC(C)(C)OC(=O)NCCCC[C@H](N)CNC(=O)c1nc(Cl)c(N)nc1N. The van der Waals surface area contributed by atoms with Gasteiger partial charge in [-0.05, 0) is 33.6 Å². The first-order chi connectivity index (χ1) is 12.5. The van der Waals surface area contributed by atoms with Crippen LogP contribution in [0.3, 0.4) is 0 Å². The predicted molar refractivity (Wildman–Crippen MR) is 104 cm³/mol. The number of rotatable bonds is 8. The summed E-state index contributed by atoms with van der Waals surface area (Å²) in [5, 5.41) is 5.23. The molecular formula is C16H28ClN7O3. The summed E-state index contributed by atoms with van der Waals surface area (Å²) in [5.41, 5.74) is 16.5. The van der Waals surface area contributed by atoms with Gasteiger partial charge < -0.3 is 32.6 Å². The Bertz CT molecular complexity index is 664. The number of ether oxygens (including phenoxy) is 1. The zero-order valence-corrected chi connectivity index (χ0v) is 16.6. The Kier molecular flexibility index (Phi) is 8.51. The Hall–Kier alpha value is -2.33. The Balaban J connectivity index is 2.26. The zero-order valence-electron chi connectivity index (χ0n) is 15.8. The highest BCUT2D eigenvalue weighted by Crippen LogP contribution is 2.17. The van der Waals surface area contributed by atoms with Gasteiger partial charge in [0.25, 0.3) is 5.91 Å². The summed E-state index contributed by atoms with van der Waals surface area (Å²) in [5.74, 6) is -0.664. The average molecular weight is 402 g/mol. The number of nitrogens with one attached hydrogen (secondary N) is 2. The van der Waals surface area contributed by atoms with Gasteiger partial charge in [-0.25, -0.2) is 14.8 Å². The maximum absolute atomic E-state index is 12.1. The molecule has 1 aromatic heterocycles. The van der Waals surface area contributed by atoms with E-state index in [9.17, 15) is 9.59 Å². The van der Waals surface area contributed by atoms with E-state index in [1.165, 1.54) is 0 Å². The van der Waals surface area contributed by atoms with Crippen LogP contribution in [0.2, 0.25) is 5.15 Å². The second kappa shape index (κ2) is 10.1. The van der Waals surface area contributed by atoms with Crippen LogP contribution in [0.1, 0.15) is 50.5 Å². The summed E-state index contributed by atoms with van der Waals surface area (Å²) in [7, 11) is 0. The van der Waals surface area contributed by atoms with E-state index >= 15 is 0 Å². The van der Waals surface area contributed by atoms with Crippen molar-refractivity contribution in [1.82, 2.24) is 20.6 Å². The number of amides is 2. The molecule has 0 aliphatic rings. The molecule has 1 rings (SSSR count). The topological polar surface area (TPSA) is 171 Å². The minimum atomic E-state index is -0.524. The quantitative estimate of drug-likeness (QED) is 0.402. The molecule has 2 amide bonds. The number of aromatic nitrogens is 2. The zero-order chi connectivity index (χ0) is 20.6. The van der Waals surface area contributed by atoms with Gasteiger partial charge in [0.1, 0.15) is 5.60 Å². The fraction of sp³-hybridized carbons (Fsp3) is 0.625. The van der Waals surface area contributed by atoms with Crippen LogP contribution in [-0.2, 0) is 4.74 Å². The normalized spacial score (nSPS) is 12.3. The maximum atomic E-state index is 12.1. The number of anilines is 2. The van der Waals surface area contributed by atoms with Crippen LogP contribution in [0.5, 0.6) is 0 Å². The Morgan fingerprint density at radius 2 is 1.81 bits per heavy atom. The molecule has 0 radical (unpaired) electrons. The fourth-order valence-electron chi connectivity index (χ4n) is 2.05. The Morgan fingerprint density at radius 3 is 2.44 bits per heavy atom. The van der Waals surface area contributed by atoms with Crippen molar-refractivity contribution in [2.24, 2.45) is 5.73 Å². The largest absolute Gasteiger partial charge is 0.444 e. The second-order valence-electron chi connectivity index (χ2n) is 7.03. The van der Waals surface area contributed by atoms with Crippen LogP contribution >= 0.6 is 11.6 Å². The molecule has 10 nitrogen and oxygen atoms in total. The molecule has 1 heterocycles. The van der Waals surface area contributed by atoms with Crippen LogP contribution in [-0.4, -0.2) is 46.7 Å². The van der Waals surface area contributed by atoms with Gasteiger partial charge in [0.05, 0.1) is 0 Å². The molecule has 0 aliphatic carbocycles. The van der Waals surface area contributed by atoms with Crippen LogP contribution in [0.4, 0.5) is 16.4 Å². The van der Waals surface area contributed by atoms with Crippen molar-refractivity contribution >= 4 is 35.2 Å². The molecule has 11 heteroatoms. The molecule has 152 valence electrons. The van der Waals surface area contributed by atoms with Crippen LogP contribution < -0.4 is 27.8 Å². The molecule has 1 atom stereocenters. The van der Waals surface area contributed by atoms with Crippen LogP contribution in [0.15, 0.2) is 0 Å². The number of nitrogens with two attached hydrogens (primary N) is 3. The molecule has 8 N–H and O–H groups in total. The van der Waals surface area contributed by atoms with E-state index in [1.807, 2.05) is 0 Å². The van der Waals surface area contributed by atoms with E-state index in [1.54, 1.807) is 20.8 Å². The van der Waals surface area contributed by atoms with E-state index in [0.29, 0.717) is 13.0 Å². The first-order valence-corrected chi connectivity index (χ1v) is 8.96. The van der Waals surface area contributed by atoms with Gasteiger partial charge in [-0.3, -0.25) is 4.79 Å². The van der Waals surface area contributed by atoms with Crippen molar-refractivity contribution in [1.29, 1.82) is 0 Å². The molecule has 0 unspecified atom stereocenters. The summed E-state index contributed by atoms with van der Waals surface area (Å²) in [6.45, 7) is 6.14. The third-order valence-corrected chi connectivity index (χ3v) is 3.59. The van der Waals surface area contributed by atoms with E-state index in [2.05, 4.69) is 20.6 Å². The van der Waals surface area contributed by atoms with Gasteiger partial charge in [0.2, 0.25) is 0 Å². The first kappa shape index (κ1) is 22.7. The van der Waals surface area contributed by atoms with Crippen molar-refractivity contribution in [2.45, 2.75) is 51.7 Å². The molecule has 0 aromatic carbocycles. The lowest BCUT2D eigenvalue weighted by Crippen LogP contribution is -2.38. The lowest BCUT2D eigenvalue weighted by atomic mass is 10.1. The summed E-state index contributed by atoms with van der Waals surface area (Å²) in [6.07, 6.45) is 1.75. The predicted octanol–water partition coefficient (Wildman–Crippen LogP) is 1.05. The molecule has 0 bridgehead atoms. The van der Waals surface area contributed by atoms with Gasteiger partial charge in [0.15, 0.2) is 22.5 Å². The van der Waals surface area contributed by atoms with E-state index in [4.69, 9.17) is 33.5 Å². The van der Waals surface area contributed by atoms with Crippen molar-refractivity contribution in [2.75, 3.05) is 24.6 Å². The Morgan fingerprint density at radius 1 is 1.15 bits per heavy atom. The summed E-state index contributed by atoms with van der Waals surface area (Å²) in [4.78, 5) is 31.2. The smallest absolute Gasteiger partial charge is 0.407 e. The number of carbonyl (C=O) groups excluding carboxylic acids is 2. The van der Waals surface area contributed by atoms with Crippen molar-refractivity contribution in [3.05, 3.63) is 10.8 Å². The van der Waals surface area contributed by atoms with E-state index in [0.717, 1.165) is 12.8 Å². The highest BCUT2D eigenvalue weighted by atomic mass is 35.5. The van der Waals surface area contributed by atoms with Gasteiger partial charge in [-0.1, -0.05) is 18.0 Å². The summed E-state index contributed by atoms with van der Waals surface area (Å²) >= 11 is 5.75. The van der Waals surface area contributed by atoms with Crippen molar-refractivity contribution in [3.8, 4) is 0 Å². The van der Waals surface area contributed by atoms with Gasteiger partial charge in [-0.15, -0.1) is 0 Å². The third kappa shape index (κ3) is 8.74. The summed E-state index contributed by atoms with van der Waals surface area (Å²) in [6, 6.07) is -0.256. The number of hydrogen-bond donors (Lipinski definition) is 5. The maximum Gasteiger partial charge on any atom is 0.407 e. The standard InChI is InChI=1S/C16H28ClN7O3/c1-16(2,3)27-15(26)21-7-5-4-6-9(18)8-22-14(25)10-12(19)24-13(20)11(17)23-10/h9H,4-8,18H2,1-3H3,(H,21,26)(H,22,25)(H4,19,20,24)/t9-/m0/s1. The minimum Gasteiger partial charge on any atom is -0.444 e. The summed E-state index contributed by atoms with van der Waals surface area (Å²) < 4.78 is 5.14. The molecule has 27 heavy (non-hydrogen) atoms. The molecule has 0 fully saturated rings. The number of nitrogen functional groups attached to an aromatic ring is 2. The number of halogens is 1. The van der Waals surface area contributed by atoms with Crippen LogP contribution in [0.25, 0.3) is 0 Å². The Labute approximate surface area is 163 Å². The molecule has 0 spiro atoms. The highest BCUT2D eigenvalue weighted by Gasteiger charge is 2.17. The molecular weight excluding hydrogens is 374 g/mol. The van der Waals surface area contributed by atoms with E-state index in [-0.39, 0.29) is 35.1 Å². The molecule has 0 saturated carbocycles. The minimum absolute atomic E-state index is 0.0394. The fourth-order valence-corrected chi connectivity index (χ4v) is 2.18. The molecule has 0 saturated heterocycles. The second-order valence-corrected chi connectivity index (χ2v) is 7.39. The number of unbranched alkanes of at least 4 members (excludes halogenated alkanes) is 1. The van der Waals surface area contributed by atoms with Crippen molar-refractivity contribution in [3.63, 3.8) is 0 Å². The van der Waals surface area contributed by atoms with Gasteiger partial charge >= 0.3 is 6.09 Å². The monoisotopic (exact) mass is 401 g/mol. The average Bonchev–Trinajstić information content (AvgIpc) is 2.54. The lowest BCUT2D eigenvalue weighted by Gasteiger charge is -2.19. The first-order valence-electron chi connectivity index (χ1n) is 8.58. The van der Waals surface area contributed by atoms with Gasteiger partial charge in [0, 0.05) is 19.1 Å². The van der Waals surface area contributed by atoms with Crippen molar-refractivity contribution < 1.29 is 14.3 Å². The number of carbonyl (C=O) groups is 2. The number of alkyl carbamates (subject to hydrolysis) is 1.